The van der Waals surface area contributed by atoms with Gasteiger partial charge in [0.1, 0.15) is 5.75 Å². The molecule has 2 aromatic carbocycles. The van der Waals surface area contributed by atoms with Crippen LogP contribution in [0.1, 0.15) is 41.5 Å². The van der Waals surface area contributed by atoms with E-state index in [1.54, 1.807) is 43.1 Å². The van der Waals surface area contributed by atoms with Crippen LogP contribution in [0, 0.1) is 0 Å². The van der Waals surface area contributed by atoms with Gasteiger partial charge in [0, 0.05) is 17.9 Å². The highest BCUT2D eigenvalue weighted by atomic mass is 32.2. The minimum atomic E-state index is -0.142. The number of hydrogen-bond donors (Lipinski definition) is 1. The quantitative estimate of drug-likeness (QED) is 0.505. The maximum Gasteiger partial charge on any atom is 0.251 e. The molecule has 1 aromatic heterocycles. The zero-order valence-corrected chi connectivity index (χ0v) is 17.6. The van der Waals surface area contributed by atoms with Gasteiger partial charge in [0.2, 0.25) is 0 Å². The summed E-state index contributed by atoms with van der Waals surface area (Å²) in [6, 6.07) is 17.4. The molecule has 1 heterocycles. The molecule has 3 rings (SSSR count). The topological polar surface area (TPSA) is 69.0 Å². The molecule has 0 atom stereocenters. The average Bonchev–Trinajstić information content (AvgIpc) is 3.16. The van der Waals surface area contributed by atoms with Crippen molar-refractivity contribution in [2.75, 3.05) is 7.11 Å². The second kappa shape index (κ2) is 10.7. The van der Waals surface area contributed by atoms with E-state index in [4.69, 9.17) is 4.74 Å². The van der Waals surface area contributed by atoms with Crippen molar-refractivity contribution in [2.45, 2.75) is 43.8 Å². The minimum absolute atomic E-state index is 0.142. The number of carbonyl (C=O) groups is 1. The number of aromatic nitrogens is 3. The van der Waals surface area contributed by atoms with Gasteiger partial charge in [0.25, 0.3) is 5.91 Å². The molecular formula is C22H26N4O2S. The first-order valence-corrected chi connectivity index (χ1v) is 10.7. The summed E-state index contributed by atoms with van der Waals surface area (Å²) in [6.45, 7) is 3.34. The maximum absolute atomic E-state index is 12.4. The number of hydrogen-bond acceptors (Lipinski definition) is 5. The van der Waals surface area contributed by atoms with Crippen molar-refractivity contribution in [3.8, 4) is 5.75 Å². The Balaban J connectivity index is 1.65. The van der Waals surface area contributed by atoms with Gasteiger partial charge in [0.15, 0.2) is 11.0 Å². The van der Waals surface area contributed by atoms with Crippen LogP contribution in [0.15, 0.2) is 59.8 Å². The number of thioether (sulfide) groups is 1. The Morgan fingerprint density at radius 1 is 1.10 bits per heavy atom. The summed E-state index contributed by atoms with van der Waals surface area (Å²) in [5.41, 5.74) is 1.83. The molecule has 6 nitrogen and oxygen atoms in total. The summed E-state index contributed by atoms with van der Waals surface area (Å²) >= 11 is 1.67. The van der Waals surface area contributed by atoms with Crippen LogP contribution in [0.4, 0.5) is 0 Å². The lowest BCUT2D eigenvalue weighted by atomic mass is 10.2. The molecular weight excluding hydrogens is 384 g/mol. The number of carbonyl (C=O) groups excluding carboxylic acids is 1. The van der Waals surface area contributed by atoms with Crippen LogP contribution in [-0.2, 0) is 18.8 Å². The summed E-state index contributed by atoms with van der Waals surface area (Å²) in [6.07, 6.45) is 2.12. The molecule has 1 amide bonds. The van der Waals surface area contributed by atoms with E-state index in [0.717, 1.165) is 41.9 Å². The first-order chi connectivity index (χ1) is 14.2. The van der Waals surface area contributed by atoms with Gasteiger partial charge in [0.05, 0.1) is 13.7 Å². The normalized spacial score (nSPS) is 10.7. The largest absolute Gasteiger partial charge is 0.497 e. The first kappa shape index (κ1) is 20.9. The Morgan fingerprint density at radius 3 is 2.55 bits per heavy atom. The number of benzene rings is 2. The van der Waals surface area contributed by atoms with Gasteiger partial charge >= 0.3 is 0 Å². The van der Waals surface area contributed by atoms with E-state index in [9.17, 15) is 4.79 Å². The highest BCUT2D eigenvalue weighted by Gasteiger charge is 2.14. The molecule has 0 saturated carbocycles. The van der Waals surface area contributed by atoms with E-state index >= 15 is 0 Å². The van der Waals surface area contributed by atoms with E-state index in [2.05, 4.69) is 39.1 Å². The van der Waals surface area contributed by atoms with Crippen molar-refractivity contribution in [3.05, 3.63) is 71.5 Å². The fraction of sp³-hybridized carbons (Fsp3) is 0.318. The van der Waals surface area contributed by atoms with Gasteiger partial charge < -0.3 is 14.6 Å². The van der Waals surface area contributed by atoms with Gasteiger partial charge in [-0.2, -0.15) is 0 Å². The number of amides is 1. The molecule has 0 spiro atoms. The van der Waals surface area contributed by atoms with E-state index in [1.165, 1.54) is 5.56 Å². The molecule has 0 bridgehead atoms. The van der Waals surface area contributed by atoms with Crippen LogP contribution in [0.2, 0.25) is 0 Å². The molecule has 0 fully saturated rings. The molecule has 0 aliphatic carbocycles. The number of nitrogens with zero attached hydrogens (tertiary/aromatic N) is 3. The fourth-order valence-corrected chi connectivity index (χ4v) is 3.76. The summed E-state index contributed by atoms with van der Waals surface area (Å²) in [4.78, 5) is 12.4. The molecule has 1 N–H and O–H groups in total. The summed E-state index contributed by atoms with van der Waals surface area (Å²) < 4.78 is 7.25. The van der Waals surface area contributed by atoms with E-state index in [-0.39, 0.29) is 5.91 Å². The van der Waals surface area contributed by atoms with Gasteiger partial charge in [-0.15, -0.1) is 10.2 Å². The van der Waals surface area contributed by atoms with E-state index < -0.39 is 0 Å². The smallest absolute Gasteiger partial charge is 0.251 e. The molecule has 0 aliphatic heterocycles. The lowest BCUT2D eigenvalue weighted by molar-refractivity contribution is 0.0949. The molecule has 7 heteroatoms. The van der Waals surface area contributed by atoms with Gasteiger partial charge in [-0.05, 0) is 36.2 Å². The molecule has 3 aromatic rings. The second-order valence-corrected chi connectivity index (χ2v) is 7.53. The molecule has 0 aliphatic rings. The second-order valence-electron chi connectivity index (χ2n) is 6.59. The Kier molecular flexibility index (Phi) is 7.69. The summed E-state index contributed by atoms with van der Waals surface area (Å²) in [7, 11) is 1.60. The van der Waals surface area contributed by atoms with E-state index in [1.807, 2.05) is 18.2 Å². The lowest BCUT2D eigenvalue weighted by Crippen LogP contribution is -2.25. The average molecular weight is 411 g/mol. The van der Waals surface area contributed by atoms with Crippen molar-refractivity contribution in [1.29, 1.82) is 0 Å². The molecule has 0 unspecified atom stereocenters. The minimum Gasteiger partial charge on any atom is -0.497 e. The van der Waals surface area contributed by atoms with Crippen LogP contribution >= 0.6 is 11.8 Å². The van der Waals surface area contributed by atoms with Gasteiger partial charge in [-0.1, -0.05) is 55.4 Å². The van der Waals surface area contributed by atoms with Gasteiger partial charge in [-0.3, -0.25) is 4.79 Å². The van der Waals surface area contributed by atoms with Crippen LogP contribution < -0.4 is 10.1 Å². The molecule has 0 saturated heterocycles. The van der Waals surface area contributed by atoms with Crippen molar-refractivity contribution in [1.82, 2.24) is 20.1 Å². The highest BCUT2D eigenvalue weighted by molar-refractivity contribution is 7.98. The summed E-state index contributed by atoms with van der Waals surface area (Å²) in [5, 5.41) is 12.5. The fourth-order valence-electron chi connectivity index (χ4n) is 2.82. The third-order valence-corrected chi connectivity index (χ3v) is 5.54. The number of rotatable bonds is 10. The number of methoxy groups -OCH3 is 1. The zero-order valence-electron chi connectivity index (χ0n) is 16.8. The van der Waals surface area contributed by atoms with Crippen molar-refractivity contribution in [3.63, 3.8) is 0 Å². The zero-order chi connectivity index (χ0) is 20.5. The predicted molar refractivity (Wildman–Crippen MR) is 115 cm³/mol. The SMILES string of the molecule is CCCCn1c(CNC(=O)c2ccc(OC)cc2)nnc1SCc1ccccc1. The molecule has 152 valence electrons. The Morgan fingerprint density at radius 2 is 1.86 bits per heavy atom. The third-order valence-electron chi connectivity index (χ3n) is 4.50. The highest BCUT2D eigenvalue weighted by Crippen LogP contribution is 2.22. The Bertz CT molecular complexity index is 910. The maximum atomic E-state index is 12.4. The molecule has 29 heavy (non-hydrogen) atoms. The summed E-state index contributed by atoms with van der Waals surface area (Å²) in [5.74, 6) is 2.19. The monoisotopic (exact) mass is 410 g/mol. The van der Waals surface area contributed by atoms with Crippen molar-refractivity contribution in [2.24, 2.45) is 0 Å². The van der Waals surface area contributed by atoms with E-state index in [0.29, 0.717) is 12.1 Å². The van der Waals surface area contributed by atoms with Crippen LogP contribution in [0.3, 0.4) is 0 Å². The standard InChI is InChI=1S/C22H26N4O2S/c1-3-4-14-26-20(15-23-21(27)18-10-12-19(28-2)13-11-18)24-25-22(26)29-16-17-8-6-5-7-9-17/h5-13H,3-4,14-16H2,1-2H3,(H,23,27). The first-order valence-electron chi connectivity index (χ1n) is 9.72. The predicted octanol–water partition coefficient (Wildman–Crippen LogP) is 4.31. The Hall–Kier alpha value is -2.80. The van der Waals surface area contributed by atoms with Gasteiger partial charge in [-0.25, -0.2) is 0 Å². The third kappa shape index (κ3) is 5.84. The number of ether oxygens (including phenoxy) is 1. The molecule has 0 radical (unpaired) electrons. The Labute approximate surface area is 175 Å². The van der Waals surface area contributed by atoms with Crippen LogP contribution in [0.25, 0.3) is 0 Å². The van der Waals surface area contributed by atoms with Crippen LogP contribution in [0.5, 0.6) is 5.75 Å². The number of unbranched alkanes of at least 4 members (excludes halogenated alkanes) is 1. The van der Waals surface area contributed by atoms with Crippen molar-refractivity contribution >= 4 is 17.7 Å². The lowest BCUT2D eigenvalue weighted by Gasteiger charge is -2.10. The van der Waals surface area contributed by atoms with Crippen molar-refractivity contribution < 1.29 is 9.53 Å². The number of nitrogens with one attached hydrogen (secondary N) is 1. The van der Waals surface area contributed by atoms with Crippen LogP contribution in [-0.4, -0.2) is 27.8 Å².